The normalized spacial score (nSPS) is 10.5. The molecule has 0 aliphatic rings. The minimum Gasteiger partial charge on any atom is -0.381 e. The lowest BCUT2D eigenvalue weighted by molar-refractivity contribution is 0.111. The van der Waals surface area contributed by atoms with Crippen molar-refractivity contribution < 1.29 is 18.0 Å². The van der Waals surface area contributed by atoms with E-state index in [1.54, 1.807) is 0 Å². The number of anilines is 1. The molecular formula is C7H5F3N2O. The SMILES string of the molecule is Nc1nc(C(F)F)cc(C=O)c1F. The van der Waals surface area contributed by atoms with E-state index >= 15 is 0 Å². The van der Waals surface area contributed by atoms with Gasteiger partial charge in [0.1, 0.15) is 5.69 Å². The highest BCUT2D eigenvalue weighted by atomic mass is 19.3. The summed E-state index contributed by atoms with van der Waals surface area (Å²) < 4.78 is 36.9. The van der Waals surface area contributed by atoms with Crippen LogP contribution in [0.4, 0.5) is 19.0 Å². The second-order valence-corrected chi connectivity index (χ2v) is 2.25. The van der Waals surface area contributed by atoms with E-state index < -0.39 is 29.3 Å². The first-order valence-electron chi connectivity index (χ1n) is 3.25. The van der Waals surface area contributed by atoms with Crippen molar-refractivity contribution in [2.24, 2.45) is 0 Å². The zero-order valence-corrected chi connectivity index (χ0v) is 6.30. The second kappa shape index (κ2) is 3.42. The number of alkyl halides is 2. The van der Waals surface area contributed by atoms with Crippen molar-refractivity contribution in [3.8, 4) is 0 Å². The van der Waals surface area contributed by atoms with Crippen molar-refractivity contribution >= 4 is 12.1 Å². The van der Waals surface area contributed by atoms with Crippen LogP contribution in [0.5, 0.6) is 0 Å². The summed E-state index contributed by atoms with van der Waals surface area (Å²) in [7, 11) is 0. The third kappa shape index (κ3) is 1.77. The Morgan fingerprint density at radius 3 is 2.62 bits per heavy atom. The molecule has 0 fully saturated rings. The number of carbonyl (C=O) groups is 1. The van der Waals surface area contributed by atoms with Gasteiger partial charge in [-0.05, 0) is 6.07 Å². The third-order valence-electron chi connectivity index (χ3n) is 1.38. The number of nitrogens with two attached hydrogens (primary N) is 1. The number of nitrogen functional groups attached to an aromatic ring is 1. The maximum Gasteiger partial charge on any atom is 0.280 e. The number of nitrogens with zero attached hydrogens (tertiary/aromatic N) is 1. The van der Waals surface area contributed by atoms with Gasteiger partial charge in [-0.2, -0.15) is 0 Å². The molecule has 0 aliphatic heterocycles. The topological polar surface area (TPSA) is 56.0 Å². The van der Waals surface area contributed by atoms with Gasteiger partial charge in [-0.1, -0.05) is 0 Å². The van der Waals surface area contributed by atoms with E-state index in [0.717, 1.165) is 0 Å². The number of aromatic nitrogens is 1. The van der Waals surface area contributed by atoms with Crippen LogP contribution in [-0.4, -0.2) is 11.3 Å². The van der Waals surface area contributed by atoms with E-state index in [9.17, 15) is 18.0 Å². The van der Waals surface area contributed by atoms with Crippen LogP contribution in [-0.2, 0) is 0 Å². The van der Waals surface area contributed by atoms with Crippen LogP contribution in [0.15, 0.2) is 6.07 Å². The van der Waals surface area contributed by atoms with Crippen LogP contribution >= 0.6 is 0 Å². The Morgan fingerprint density at radius 2 is 2.15 bits per heavy atom. The van der Waals surface area contributed by atoms with Crippen LogP contribution < -0.4 is 5.73 Å². The van der Waals surface area contributed by atoms with Crippen LogP contribution in [0.3, 0.4) is 0 Å². The van der Waals surface area contributed by atoms with Crippen molar-refractivity contribution in [1.82, 2.24) is 4.98 Å². The van der Waals surface area contributed by atoms with Crippen molar-refractivity contribution in [3.05, 3.63) is 23.1 Å². The van der Waals surface area contributed by atoms with Gasteiger partial charge in [0.25, 0.3) is 6.43 Å². The molecule has 0 amide bonds. The van der Waals surface area contributed by atoms with Gasteiger partial charge in [-0.3, -0.25) is 4.79 Å². The zero-order chi connectivity index (χ0) is 10.0. The lowest BCUT2D eigenvalue weighted by atomic mass is 10.2. The second-order valence-electron chi connectivity index (χ2n) is 2.25. The standard InChI is InChI=1S/C7H5F3N2O/c8-5-3(2-13)1-4(6(9)10)12-7(5)11/h1-2,6H,(H2,11,12). The summed E-state index contributed by atoms with van der Waals surface area (Å²) in [4.78, 5) is 13.3. The van der Waals surface area contributed by atoms with Gasteiger partial charge < -0.3 is 5.73 Å². The van der Waals surface area contributed by atoms with Gasteiger partial charge in [-0.15, -0.1) is 0 Å². The van der Waals surface area contributed by atoms with E-state index in [-0.39, 0.29) is 6.29 Å². The Hall–Kier alpha value is -1.59. The van der Waals surface area contributed by atoms with Crippen molar-refractivity contribution in [2.75, 3.05) is 5.73 Å². The van der Waals surface area contributed by atoms with Crippen LogP contribution in [0, 0.1) is 5.82 Å². The van der Waals surface area contributed by atoms with Gasteiger partial charge >= 0.3 is 0 Å². The third-order valence-corrected chi connectivity index (χ3v) is 1.38. The molecule has 0 aliphatic carbocycles. The molecule has 3 nitrogen and oxygen atoms in total. The van der Waals surface area contributed by atoms with Gasteiger partial charge in [0.2, 0.25) is 0 Å². The highest BCUT2D eigenvalue weighted by molar-refractivity contribution is 5.76. The lowest BCUT2D eigenvalue weighted by Gasteiger charge is -2.03. The predicted octanol–water partition coefficient (Wildman–Crippen LogP) is 1.55. The summed E-state index contributed by atoms with van der Waals surface area (Å²) in [5.41, 5.74) is 3.74. The monoisotopic (exact) mass is 190 g/mol. The van der Waals surface area contributed by atoms with E-state index in [1.165, 1.54) is 0 Å². The van der Waals surface area contributed by atoms with Gasteiger partial charge in [-0.25, -0.2) is 18.2 Å². The highest BCUT2D eigenvalue weighted by Gasteiger charge is 2.15. The highest BCUT2D eigenvalue weighted by Crippen LogP contribution is 2.21. The molecule has 1 heterocycles. The average molecular weight is 190 g/mol. The first-order valence-corrected chi connectivity index (χ1v) is 3.25. The summed E-state index contributed by atoms with van der Waals surface area (Å²) in [6.45, 7) is 0. The summed E-state index contributed by atoms with van der Waals surface area (Å²) in [6, 6.07) is 0.670. The zero-order valence-electron chi connectivity index (χ0n) is 6.30. The molecule has 1 aromatic heterocycles. The number of aldehydes is 1. The Balaban J connectivity index is 3.30. The van der Waals surface area contributed by atoms with Crippen LogP contribution in [0.2, 0.25) is 0 Å². The number of hydrogen-bond acceptors (Lipinski definition) is 3. The molecule has 2 N–H and O–H groups in total. The van der Waals surface area contributed by atoms with Crippen molar-refractivity contribution in [2.45, 2.75) is 6.43 Å². The summed E-state index contributed by atoms with van der Waals surface area (Å²) in [6.07, 6.45) is -2.76. The Labute approximate surface area is 71.4 Å². The lowest BCUT2D eigenvalue weighted by Crippen LogP contribution is -2.03. The summed E-state index contributed by atoms with van der Waals surface area (Å²) >= 11 is 0. The molecule has 13 heavy (non-hydrogen) atoms. The van der Waals surface area contributed by atoms with Gasteiger partial charge in [0, 0.05) is 0 Å². The number of carbonyl (C=O) groups excluding carboxylic acids is 1. The Bertz CT molecular complexity index is 341. The number of rotatable bonds is 2. The number of hydrogen-bond donors (Lipinski definition) is 1. The fourth-order valence-electron chi connectivity index (χ4n) is 0.789. The molecule has 0 spiro atoms. The number of pyridine rings is 1. The minimum absolute atomic E-state index is 0.110. The van der Waals surface area contributed by atoms with E-state index in [0.29, 0.717) is 6.07 Å². The van der Waals surface area contributed by atoms with Crippen LogP contribution in [0.25, 0.3) is 0 Å². The van der Waals surface area contributed by atoms with Crippen molar-refractivity contribution in [3.63, 3.8) is 0 Å². The molecular weight excluding hydrogens is 185 g/mol. The largest absolute Gasteiger partial charge is 0.381 e. The fourth-order valence-corrected chi connectivity index (χ4v) is 0.789. The maximum atomic E-state index is 12.8. The molecule has 6 heteroatoms. The summed E-state index contributed by atoms with van der Waals surface area (Å²) in [5, 5.41) is 0. The molecule has 0 bridgehead atoms. The smallest absolute Gasteiger partial charge is 0.280 e. The molecule has 0 aromatic carbocycles. The fraction of sp³-hybridized carbons (Fsp3) is 0.143. The van der Waals surface area contributed by atoms with E-state index in [4.69, 9.17) is 5.73 Å². The predicted molar refractivity (Wildman–Crippen MR) is 39.0 cm³/mol. The Morgan fingerprint density at radius 1 is 1.54 bits per heavy atom. The molecule has 0 unspecified atom stereocenters. The first-order chi connectivity index (χ1) is 6.06. The molecule has 0 atom stereocenters. The Kier molecular flexibility index (Phi) is 2.50. The van der Waals surface area contributed by atoms with E-state index in [2.05, 4.69) is 4.98 Å². The van der Waals surface area contributed by atoms with Crippen LogP contribution in [0.1, 0.15) is 22.5 Å². The molecule has 0 saturated heterocycles. The average Bonchev–Trinajstić information content (AvgIpc) is 2.09. The first kappa shape index (κ1) is 9.50. The molecule has 70 valence electrons. The molecule has 1 aromatic rings. The van der Waals surface area contributed by atoms with E-state index in [1.807, 2.05) is 0 Å². The van der Waals surface area contributed by atoms with Gasteiger partial charge in [0.15, 0.2) is 17.9 Å². The summed E-state index contributed by atoms with van der Waals surface area (Å²) in [5.74, 6) is -1.76. The minimum atomic E-state index is -2.87. The quantitative estimate of drug-likeness (QED) is 0.720. The van der Waals surface area contributed by atoms with Crippen molar-refractivity contribution in [1.29, 1.82) is 0 Å². The molecule has 0 radical (unpaired) electrons. The number of halogens is 3. The maximum absolute atomic E-state index is 12.8. The molecule has 0 saturated carbocycles. The van der Waals surface area contributed by atoms with Gasteiger partial charge in [0.05, 0.1) is 5.56 Å². The molecule has 1 rings (SSSR count).